The average Bonchev–Trinajstić information content (AvgIpc) is 2.59. The summed E-state index contributed by atoms with van der Waals surface area (Å²) in [5, 5.41) is 0.518. The van der Waals surface area contributed by atoms with Crippen molar-refractivity contribution < 1.29 is 12.8 Å². The molecule has 0 aliphatic rings. The number of rotatable bonds is 4. The van der Waals surface area contributed by atoms with Gasteiger partial charge < -0.3 is 0 Å². The van der Waals surface area contributed by atoms with Gasteiger partial charge in [0.05, 0.1) is 4.90 Å². The number of nitrogens with one attached hydrogen (secondary N) is 1. The normalized spacial score (nSPS) is 11.4. The van der Waals surface area contributed by atoms with E-state index in [4.69, 9.17) is 11.6 Å². The van der Waals surface area contributed by atoms with Gasteiger partial charge in [-0.25, -0.2) is 17.8 Å². The molecule has 140 valence electrons. The lowest BCUT2D eigenvalue weighted by molar-refractivity contribution is 0.600. The molecule has 3 rings (SSSR count). The molecule has 0 radical (unpaired) electrons. The summed E-state index contributed by atoms with van der Waals surface area (Å²) in [6.07, 6.45) is 0. The van der Waals surface area contributed by atoms with Crippen LogP contribution in [-0.4, -0.2) is 13.4 Å². The van der Waals surface area contributed by atoms with Gasteiger partial charge >= 0.3 is 0 Å². The van der Waals surface area contributed by atoms with Crippen molar-refractivity contribution in [1.82, 2.24) is 4.98 Å². The summed E-state index contributed by atoms with van der Waals surface area (Å²) in [6.45, 7) is 5.21. The Morgan fingerprint density at radius 1 is 0.963 bits per heavy atom. The fraction of sp³-hybridized carbons (Fsp3) is 0.150. The molecule has 1 heterocycles. The van der Waals surface area contributed by atoms with E-state index >= 15 is 0 Å². The van der Waals surface area contributed by atoms with Crippen LogP contribution in [0.2, 0.25) is 5.02 Å². The summed E-state index contributed by atoms with van der Waals surface area (Å²) < 4.78 is 41.1. The van der Waals surface area contributed by atoms with E-state index < -0.39 is 10.0 Å². The topological polar surface area (TPSA) is 59.1 Å². The maximum Gasteiger partial charge on any atom is 0.263 e. The van der Waals surface area contributed by atoms with Gasteiger partial charge in [0.15, 0.2) is 0 Å². The first kappa shape index (κ1) is 19.3. The number of halogens is 2. The maximum absolute atomic E-state index is 13.1. The number of pyridine rings is 1. The molecule has 0 fully saturated rings. The molecule has 0 aliphatic heterocycles. The monoisotopic (exact) mass is 404 g/mol. The van der Waals surface area contributed by atoms with Gasteiger partial charge in [0, 0.05) is 16.3 Å². The summed E-state index contributed by atoms with van der Waals surface area (Å²) in [4.78, 5) is 4.50. The van der Waals surface area contributed by atoms with Crippen molar-refractivity contribution >= 4 is 27.4 Å². The van der Waals surface area contributed by atoms with Gasteiger partial charge in [0.1, 0.15) is 11.6 Å². The fourth-order valence-corrected chi connectivity index (χ4v) is 4.32. The predicted molar refractivity (Wildman–Crippen MR) is 106 cm³/mol. The highest BCUT2D eigenvalue weighted by Gasteiger charge is 2.19. The van der Waals surface area contributed by atoms with E-state index in [1.807, 2.05) is 0 Å². The first-order chi connectivity index (χ1) is 12.7. The van der Waals surface area contributed by atoms with Crippen LogP contribution in [0.25, 0.3) is 11.1 Å². The van der Waals surface area contributed by atoms with Crippen LogP contribution in [0, 0.1) is 26.6 Å². The highest BCUT2D eigenvalue weighted by atomic mass is 35.5. The Bertz CT molecular complexity index is 1110. The number of nitrogens with zero attached hydrogens (tertiary/aromatic N) is 1. The van der Waals surface area contributed by atoms with Crippen LogP contribution >= 0.6 is 11.6 Å². The summed E-state index contributed by atoms with van der Waals surface area (Å²) in [5.41, 5.74) is 3.47. The molecule has 4 nitrogen and oxygen atoms in total. The quantitative estimate of drug-likeness (QED) is 0.644. The van der Waals surface area contributed by atoms with Gasteiger partial charge in [-0.3, -0.25) is 4.72 Å². The molecule has 2 aromatic carbocycles. The molecule has 0 unspecified atom stereocenters. The van der Waals surface area contributed by atoms with Crippen LogP contribution in [-0.2, 0) is 10.0 Å². The second kappa shape index (κ2) is 7.29. The molecule has 1 N–H and O–H groups in total. The van der Waals surface area contributed by atoms with Crippen molar-refractivity contribution in [2.75, 3.05) is 4.72 Å². The van der Waals surface area contributed by atoms with Gasteiger partial charge in [0.2, 0.25) is 0 Å². The molecular weight excluding hydrogens is 387 g/mol. The van der Waals surface area contributed by atoms with E-state index in [1.54, 1.807) is 57.2 Å². The molecule has 27 heavy (non-hydrogen) atoms. The average molecular weight is 405 g/mol. The second-order valence-electron chi connectivity index (χ2n) is 6.31. The third-order valence-corrected chi connectivity index (χ3v) is 6.13. The Morgan fingerprint density at radius 3 is 2.26 bits per heavy atom. The molecule has 1 aromatic heterocycles. The summed E-state index contributed by atoms with van der Waals surface area (Å²) in [5.74, 6) is -0.104. The van der Waals surface area contributed by atoms with Crippen molar-refractivity contribution in [2.45, 2.75) is 25.7 Å². The Morgan fingerprint density at radius 2 is 1.63 bits per heavy atom. The number of aryl methyl sites for hydroxylation is 3. The third-order valence-electron chi connectivity index (χ3n) is 4.23. The van der Waals surface area contributed by atoms with Crippen LogP contribution in [0.1, 0.15) is 16.8 Å². The molecule has 0 spiro atoms. The van der Waals surface area contributed by atoms with Crippen LogP contribution < -0.4 is 4.72 Å². The number of benzene rings is 2. The summed E-state index contributed by atoms with van der Waals surface area (Å²) in [6, 6.07) is 12.6. The minimum atomic E-state index is -3.80. The zero-order chi connectivity index (χ0) is 19.8. The molecule has 0 saturated carbocycles. The molecule has 7 heteroatoms. The lowest BCUT2D eigenvalue weighted by Crippen LogP contribution is -2.15. The van der Waals surface area contributed by atoms with Gasteiger partial charge in [-0.05, 0) is 73.9 Å². The van der Waals surface area contributed by atoms with E-state index in [9.17, 15) is 12.8 Å². The third kappa shape index (κ3) is 4.12. The smallest absolute Gasteiger partial charge is 0.263 e. The van der Waals surface area contributed by atoms with E-state index in [-0.39, 0.29) is 16.5 Å². The Labute approximate surface area is 163 Å². The van der Waals surface area contributed by atoms with E-state index in [1.165, 1.54) is 12.1 Å². The molecule has 0 aliphatic carbocycles. The molecule has 0 saturated heterocycles. The van der Waals surface area contributed by atoms with Crippen LogP contribution in [0.3, 0.4) is 0 Å². The Balaban J connectivity index is 1.93. The van der Waals surface area contributed by atoms with Crippen LogP contribution in [0.4, 0.5) is 10.2 Å². The minimum absolute atomic E-state index is 0.159. The fourth-order valence-electron chi connectivity index (χ4n) is 2.79. The van der Waals surface area contributed by atoms with Crippen LogP contribution in [0.5, 0.6) is 0 Å². The number of aromatic nitrogens is 1. The van der Waals surface area contributed by atoms with Crippen molar-refractivity contribution in [3.63, 3.8) is 0 Å². The van der Waals surface area contributed by atoms with E-state index in [0.29, 0.717) is 21.8 Å². The highest BCUT2D eigenvalue weighted by molar-refractivity contribution is 7.92. The van der Waals surface area contributed by atoms with E-state index in [0.717, 1.165) is 11.1 Å². The zero-order valence-electron chi connectivity index (χ0n) is 15.0. The molecule has 0 amide bonds. The van der Waals surface area contributed by atoms with Gasteiger partial charge in [-0.2, -0.15) is 0 Å². The largest absolute Gasteiger partial charge is 0.263 e. The van der Waals surface area contributed by atoms with Gasteiger partial charge in [-0.15, -0.1) is 0 Å². The van der Waals surface area contributed by atoms with Crippen LogP contribution in [0.15, 0.2) is 53.4 Å². The highest BCUT2D eigenvalue weighted by Crippen LogP contribution is 2.27. The number of anilines is 1. The SMILES string of the molecule is Cc1cc(S(=O)(=O)Nc2ccc(-c3ccc(F)cc3)c(C)n2)c(C)cc1Cl. The predicted octanol–water partition coefficient (Wildman–Crippen LogP) is 5.27. The lowest BCUT2D eigenvalue weighted by atomic mass is 10.0. The second-order valence-corrected chi connectivity index (χ2v) is 8.37. The first-order valence-corrected chi connectivity index (χ1v) is 10.1. The Hall–Kier alpha value is -2.44. The van der Waals surface area contributed by atoms with Gasteiger partial charge in [-0.1, -0.05) is 23.7 Å². The molecular formula is C20H18ClFN2O2S. The van der Waals surface area contributed by atoms with E-state index in [2.05, 4.69) is 9.71 Å². The number of hydrogen-bond donors (Lipinski definition) is 1. The lowest BCUT2D eigenvalue weighted by Gasteiger charge is -2.13. The number of hydrogen-bond acceptors (Lipinski definition) is 3. The molecule has 3 aromatic rings. The summed E-state index contributed by atoms with van der Waals surface area (Å²) >= 11 is 6.05. The number of sulfonamides is 1. The Kier molecular flexibility index (Phi) is 5.22. The maximum atomic E-state index is 13.1. The van der Waals surface area contributed by atoms with Gasteiger partial charge in [0.25, 0.3) is 10.0 Å². The zero-order valence-corrected chi connectivity index (χ0v) is 16.6. The first-order valence-electron chi connectivity index (χ1n) is 8.20. The minimum Gasteiger partial charge on any atom is -0.263 e. The van der Waals surface area contributed by atoms with Crippen molar-refractivity contribution in [1.29, 1.82) is 0 Å². The van der Waals surface area contributed by atoms with Crippen molar-refractivity contribution in [3.05, 3.63) is 76.2 Å². The standard InChI is InChI=1S/C20H18ClFN2O2S/c1-12-11-19(13(2)10-18(12)21)27(25,26)24-20-9-8-17(14(3)23-20)15-4-6-16(22)7-5-15/h4-11H,1-3H3,(H,23,24). The molecule has 0 bridgehead atoms. The summed E-state index contributed by atoms with van der Waals surface area (Å²) in [7, 11) is -3.80. The molecule has 0 atom stereocenters. The van der Waals surface area contributed by atoms with Crippen molar-refractivity contribution in [2.24, 2.45) is 0 Å². The van der Waals surface area contributed by atoms with Crippen molar-refractivity contribution in [3.8, 4) is 11.1 Å².